The van der Waals surface area contributed by atoms with Crippen molar-refractivity contribution in [2.75, 3.05) is 9.80 Å². The maximum absolute atomic E-state index is 13.4. The normalized spacial score (nSPS) is 17.7. The van der Waals surface area contributed by atoms with E-state index in [4.69, 9.17) is 26.4 Å². The van der Waals surface area contributed by atoms with Crippen LogP contribution < -0.4 is 19.3 Å². The minimum atomic E-state index is -0.934. The summed E-state index contributed by atoms with van der Waals surface area (Å²) >= 11 is 5.12. The van der Waals surface area contributed by atoms with Crippen LogP contribution in [0.4, 0.5) is 20.2 Å². The Morgan fingerprint density at radius 3 is 1.29 bits per heavy atom. The zero-order valence-corrected chi connectivity index (χ0v) is 34.7. The lowest BCUT2D eigenvalue weighted by Crippen LogP contribution is -2.55. The van der Waals surface area contributed by atoms with Crippen LogP contribution in [-0.2, 0) is 36.7 Å². The molecule has 0 radical (unpaired) electrons. The monoisotopic (exact) mass is 872 g/mol. The zero-order valence-electron chi connectivity index (χ0n) is 33.9. The van der Waals surface area contributed by atoms with E-state index in [9.17, 15) is 28.0 Å². The Morgan fingerprint density at radius 1 is 0.540 bits per heavy atom. The van der Waals surface area contributed by atoms with Gasteiger partial charge >= 0.3 is 11.9 Å². The molecule has 2 aliphatic heterocycles. The molecule has 0 spiro atoms. The number of carboxylic acid groups (broad SMARTS) is 1. The van der Waals surface area contributed by atoms with Gasteiger partial charge in [-0.25, -0.2) is 8.78 Å². The third-order valence-corrected chi connectivity index (χ3v) is 11.2. The van der Waals surface area contributed by atoms with Gasteiger partial charge in [-0.3, -0.25) is 19.2 Å². The number of hydrogen-bond donors (Lipinski definition) is 1. The maximum atomic E-state index is 13.4. The van der Waals surface area contributed by atoms with Gasteiger partial charge in [0.1, 0.15) is 48.2 Å². The molecule has 0 bridgehead atoms. The Balaban J connectivity index is 0.000000189. The first-order valence-corrected chi connectivity index (χ1v) is 20.6. The van der Waals surface area contributed by atoms with Crippen molar-refractivity contribution < 1.29 is 46.8 Å². The molecule has 4 unspecified atom stereocenters. The Kier molecular flexibility index (Phi) is 14.4. The minimum Gasteiger partial charge on any atom is -0.489 e. The molecule has 63 heavy (non-hydrogen) atoms. The summed E-state index contributed by atoms with van der Waals surface area (Å²) in [6, 6.07) is 45.6. The first-order valence-electron chi connectivity index (χ1n) is 20.3. The number of carbonyl (C=O) groups excluding carboxylic acids is 3. The third-order valence-electron chi connectivity index (χ3n) is 11.0. The number of benzene rings is 6. The van der Waals surface area contributed by atoms with Gasteiger partial charge in [0.25, 0.3) is 0 Å². The summed E-state index contributed by atoms with van der Waals surface area (Å²) in [6.07, 6.45) is 0.510. The standard InChI is InChI=1S/C25H21ClFNO4.C25H22FNO4/c26-32-23(29)15-14-22-24(28(25(22)30)20-10-8-19(27)9-11-20)18-6-12-21(13-7-18)31-16-17-4-2-1-3-5-17;26-19-8-10-20(11-9-19)27-24(22(25(27)30)14-15-23(28)29)18-6-12-21(13-7-18)31-16-17-4-2-1-3-5-17/h1-13,22,24H,14-16H2;1-13,22,24H,14-16H2,(H,28,29). The number of hydrogen-bond acceptors (Lipinski definition) is 7. The van der Waals surface area contributed by atoms with Crippen molar-refractivity contribution in [3.05, 3.63) is 192 Å². The zero-order chi connectivity index (χ0) is 44.3. The van der Waals surface area contributed by atoms with Gasteiger partial charge in [-0.2, -0.15) is 0 Å². The van der Waals surface area contributed by atoms with Crippen molar-refractivity contribution in [1.82, 2.24) is 0 Å². The predicted octanol–water partition coefficient (Wildman–Crippen LogP) is 10.6. The van der Waals surface area contributed by atoms with Gasteiger partial charge in [0.2, 0.25) is 11.8 Å². The van der Waals surface area contributed by atoms with Crippen LogP contribution in [0.3, 0.4) is 0 Å². The van der Waals surface area contributed by atoms with E-state index in [2.05, 4.69) is 4.29 Å². The summed E-state index contributed by atoms with van der Waals surface area (Å²) in [5.41, 5.74) is 5.09. The minimum absolute atomic E-state index is 0.0337. The van der Waals surface area contributed by atoms with E-state index in [-0.39, 0.29) is 54.8 Å². The largest absolute Gasteiger partial charge is 0.489 e. The smallest absolute Gasteiger partial charge is 0.324 e. The molecule has 2 saturated heterocycles. The van der Waals surface area contributed by atoms with E-state index in [1.54, 1.807) is 34.1 Å². The number of ether oxygens (including phenoxy) is 2. The number of aliphatic carboxylic acids is 1. The Bertz CT molecular complexity index is 2480. The lowest BCUT2D eigenvalue weighted by Gasteiger charge is -2.47. The molecular weight excluding hydrogens is 830 g/mol. The highest BCUT2D eigenvalue weighted by Gasteiger charge is 2.49. The molecule has 0 saturated carbocycles. The lowest BCUT2D eigenvalue weighted by atomic mass is 9.79. The summed E-state index contributed by atoms with van der Waals surface area (Å²) in [6.45, 7) is 0.901. The number of carboxylic acids is 1. The molecule has 4 atom stereocenters. The summed E-state index contributed by atoms with van der Waals surface area (Å²) in [7, 11) is 0. The van der Waals surface area contributed by atoms with Gasteiger partial charge in [0.15, 0.2) is 0 Å². The molecule has 2 aliphatic rings. The van der Waals surface area contributed by atoms with E-state index in [0.29, 0.717) is 42.5 Å². The number of nitrogens with zero attached hydrogens (tertiary/aromatic N) is 2. The first-order chi connectivity index (χ1) is 30.6. The highest BCUT2D eigenvalue weighted by Crippen LogP contribution is 2.47. The highest BCUT2D eigenvalue weighted by atomic mass is 35.5. The predicted molar refractivity (Wildman–Crippen MR) is 233 cm³/mol. The fourth-order valence-corrected chi connectivity index (χ4v) is 7.87. The van der Waals surface area contributed by atoms with Crippen LogP contribution in [0.15, 0.2) is 158 Å². The number of halogens is 3. The Morgan fingerprint density at radius 2 is 0.921 bits per heavy atom. The summed E-state index contributed by atoms with van der Waals surface area (Å²) < 4.78 is 42.6. The Labute approximate surface area is 368 Å². The van der Waals surface area contributed by atoms with E-state index in [1.807, 2.05) is 109 Å². The number of amides is 2. The van der Waals surface area contributed by atoms with Crippen LogP contribution in [-0.4, -0.2) is 28.9 Å². The molecule has 10 nitrogen and oxygen atoms in total. The van der Waals surface area contributed by atoms with Crippen molar-refractivity contribution in [3.8, 4) is 11.5 Å². The van der Waals surface area contributed by atoms with Crippen LogP contribution in [0.2, 0.25) is 0 Å². The summed E-state index contributed by atoms with van der Waals surface area (Å²) in [5, 5.41) is 9.04. The topological polar surface area (TPSA) is 123 Å². The fraction of sp³-hybridized carbons (Fsp3) is 0.200. The quantitative estimate of drug-likeness (QED) is 0.0954. The summed E-state index contributed by atoms with van der Waals surface area (Å²) in [4.78, 5) is 51.4. The van der Waals surface area contributed by atoms with Gasteiger partial charge in [0.05, 0.1) is 23.9 Å². The molecule has 6 aromatic carbocycles. The van der Waals surface area contributed by atoms with Crippen LogP contribution in [0.25, 0.3) is 0 Å². The molecule has 13 heteroatoms. The van der Waals surface area contributed by atoms with E-state index in [0.717, 1.165) is 22.3 Å². The molecule has 6 aromatic rings. The average Bonchev–Trinajstić information content (AvgIpc) is 3.31. The number of carbonyl (C=O) groups is 4. The Hall–Kier alpha value is -7.05. The van der Waals surface area contributed by atoms with Gasteiger partial charge in [-0.05, 0) is 108 Å². The van der Waals surface area contributed by atoms with Gasteiger partial charge in [-0.1, -0.05) is 84.9 Å². The second kappa shape index (κ2) is 20.7. The SMILES string of the molecule is O=C(CCC1C(=O)N(c2ccc(F)cc2)C1c1ccc(OCc2ccccc2)cc1)OCl.O=C(O)CCC1C(=O)N(c2ccc(F)cc2)C1c1ccc(OCc2ccccc2)cc1. The van der Waals surface area contributed by atoms with Gasteiger partial charge < -0.3 is 28.7 Å². The molecule has 2 amide bonds. The van der Waals surface area contributed by atoms with Crippen molar-refractivity contribution in [2.45, 2.75) is 51.0 Å². The van der Waals surface area contributed by atoms with Crippen LogP contribution in [0.1, 0.15) is 60.0 Å². The van der Waals surface area contributed by atoms with Gasteiger partial charge in [0, 0.05) is 24.2 Å². The molecule has 1 N–H and O–H groups in total. The average molecular weight is 873 g/mol. The van der Waals surface area contributed by atoms with Crippen molar-refractivity contribution in [2.24, 2.45) is 11.8 Å². The van der Waals surface area contributed by atoms with Crippen LogP contribution >= 0.6 is 11.9 Å². The van der Waals surface area contributed by atoms with E-state index >= 15 is 0 Å². The fourth-order valence-electron chi connectivity index (χ4n) is 7.80. The molecule has 0 aliphatic carbocycles. The van der Waals surface area contributed by atoms with Gasteiger partial charge in [-0.15, -0.1) is 0 Å². The van der Waals surface area contributed by atoms with Crippen molar-refractivity contribution >= 4 is 47.0 Å². The van der Waals surface area contributed by atoms with Crippen LogP contribution in [0, 0.1) is 23.5 Å². The molecule has 2 fully saturated rings. The lowest BCUT2D eigenvalue weighted by molar-refractivity contribution is -0.139. The summed E-state index contributed by atoms with van der Waals surface area (Å²) in [5.74, 6) is -1.98. The molecule has 8 rings (SSSR count). The first kappa shape index (κ1) is 44.0. The molecule has 0 aromatic heterocycles. The molecule has 322 valence electrons. The van der Waals surface area contributed by atoms with Crippen molar-refractivity contribution in [3.63, 3.8) is 0 Å². The van der Waals surface area contributed by atoms with E-state index in [1.165, 1.54) is 24.3 Å². The van der Waals surface area contributed by atoms with Crippen LogP contribution in [0.5, 0.6) is 11.5 Å². The molecule has 2 heterocycles. The number of β-lactam (4-membered cyclic amide) rings is 2. The third kappa shape index (κ3) is 10.9. The highest BCUT2D eigenvalue weighted by molar-refractivity contribution is 6.13. The maximum Gasteiger partial charge on any atom is 0.324 e. The second-order valence-electron chi connectivity index (χ2n) is 15.1. The number of anilines is 2. The van der Waals surface area contributed by atoms with E-state index < -0.39 is 23.8 Å². The molecular formula is C50H43ClF2N2O8. The number of rotatable bonds is 16. The van der Waals surface area contributed by atoms with Crippen molar-refractivity contribution in [1.29, 1.82) is 0 Å². The second-order valence-corrected chi connectivity index (χ2v) is 15.2.